The summed E-state index contributed by atoms with van der Waals surface area (Å²) in [4.78, 5) is 4.73. The average Bonchev–Trinajstić information content (AvgIpc) is 3.12. The van der Waals surface area contributed by atoms with Crippen molar-refractivity contribution in [3.63, 3.8) is 0 Å². The fourth-order valence-electron chi connectivity index (χ4n) is 2.68. The summed E-state index contributed by atoms with van der Waals surface area (Å²) in [5.74, 6) is 3.19. The van der Waals surface area contributed by atoms with Gasteiger partial charge in [-0.25, -0.2) is 4.99 Å². The molecule has 1 aromatic carbocycles. The predicted molar refractivity (Wildman–Crippen MR) is 113 cm³/mol. The van der Waals surface area contributed by atoms with Crippen LogP contribution in [0.1, 0.15) is 51.1 Å². The fourth-order valence-corrected chi connectivity index (χ4v) is 2.68. The number of aromatic nitrogens is 3. The van der Waals surface area contributed by atoms with Crippen molar-refractivity contribution in [1.82, 2.24) is 25.4 Å². The lowest BCUT2D eigenvalue weighted by Crippen LogP contribution is -2.37. The third kappa shape index (κ3) is 6.87. The molecule has 0 unspecified atom stereocenters. The second-order valence-corrected chi connectivity index (χ2v) is 7.22. The second kappa shape index (κ2) is 11.3. The number of aryl methyl sites for hydroxylation is 2. The van der Waals surface area contributed by atoms with Crippen molar-refractivity contribution >= 4 is 5.96 Å². The van der Waals surface area contributed by atoms with Crippen LogP contribution in [0.3, 0.4) is 0 Å². The normalized spacial score (nSPS) is 11.7. The van der Waals surface area contributed by atoms with Gasteiger partial charge in [0.25, 0.3) is 0 Å². The smallest absolute Gasteiger partial charge is 0.191 e. The maximum absolute atomic E-state index is 6.04. The van der Waals surface area contributed by atoms with Gasteiger partial charge in [0.05, 0.1) is 19.7 Å². The molecule has 0 radical (unpaired) electrons. The van der Waals surface area contributed by atoms with Gasteiger partial charge < -0.3 is 19.9 Å². The molecule has 154 valence electrons. The molecule has 2 rings (SSSR count). The molecule has 7 nitrogen and oxygen atoms in total. The van der Waals surface area contributed by atoms with E-state index in [0.29, 0.717) is 19.0 Å². The van der Waals surface area contributed by atoms with Gasteiger partial charge in [-0.3, -0.25) is 0 Å². The van der Waals surface area contributed by atoms with Crippen molar-refractivity contribution in [2.75, 3.05) is 13.2 Å². The Labute approximate surface area is 168 Å². The van der Waals surface area contributed by atoms with E-state index in [-0.39, 0.29) is 0 Å². The molecule has 0 fully saturated rings. The largest absolute Gasteiger partial charge is 0.493 e. The molecule has 0 amide bonds. The number of rotatable bonds is 10. The van der Waals surface area contributed by atoms with Crippen LogP contribution in [0.15, 0.2) is 29.5 Å². The number of hydrogen-bond acceptors (Lipinski definition) is 4. The van der Waals surface area contributed by atoms with E-state index in [9.17, 15) is 0 Å². The van der Waals surface area contributed by atoms with Crippen molar-refractivity contribution < 1.29 is 4.74 Å². The lowest BCUT2D eigenvalue weighted by molar-refractivity contribution is 0.287. The van der Waals surface area contributed by atoms with Gasteiger partial charge in [-0.05, 0) is 44.7 Å². The van der Waals surface area contributed by atoms with E-state index in [4.69, 9.17) is 9.73 Å². The van der Waals surface area contributed by atoms with Crippen LogP contribution in [0, 0.1) is 12.8 Å². The van der Waals surface area contributed by atoms with Crippen LogP contribution < -0.4 is 15.4 Å². The highest BCUT2D eigenvalue weighted by molar-refractivity contribution is 5.79. The number of aliphatic imine (C=N–C) groups is 1. The third-order valence-electron chi connectivity index (χ3n) is 4.38. The molecule has 0 aliphatic carbocycles. The molecule has 28 heavy (non-hydrogen) atoms. The fraction of sp³-hybridized carbons (Fsp3) is 0.571. The Balaban J connectivity index is 2.04. The molecule has 1 heterocycles. The Morgan fingerprint density at radius 3 is 2.79 bits per heavy atom. The SMILES string of the molecule is CCNC(=NCc1ccc(C)cc1OCCC(C)C)NCc1nncn1CC. The van der Waals surface area contributed by atoms with Gasteiger partial charge in [-0.1, -0.05) is 26.0 Å². The number of ether oxygens (including phenoxy) is 1. The molecule has 1 aromatic heterocycles. The first-order chi connectivity index (χ1) is 13.5. The maximum atomic E-state index is 6.04. The lowest BCUT2D eigenvalue weighted by Gasteiger charge is -2.14. The van der Waals surface area contributed by atoms with Gasteiger partial charge in [-0.15, -0.1) is 10.2 Å². The van der Waals surface area contributed by atoms with Crippen LogP contribution >= 0.6 is 0 Å². The summed E-state index contributed by atoms with van der Waals surface area (Å²) in [6.07, 6.45) is 2.78. The number of nitrogens with one attached hydrogen (secondary N) is 2. The molecular formula is C21H34N6O. The predicted octanol–water partition coefficient (Wildman–Crippen LogP) is 3.29. The Morgan fingerprint density at radius 1 is 1.25 bits per heavy atom. The van der Waals surface area contributed by atoms with E-state index >= 15 is 0 Å². The molecule has 0 aliphatic rings. The second-order valence-electron chi connectivity index (χ2n) is 7.22. The van der Waals surface area contributed by atoms with Crippen molar-refractivity contribution in [3.05, 3.63) is 41.5 Å². The van der Waals surface area contributed by atoms with Gasteiger partial charge in [0.15, 0.2) is 11.8 Å². The summed E-state index contributed by atoms with van der Waals surface area (Å²) >= 11 is 0. The quantitative estimate of drug-likeness (QED) is 0.484. The Hall–Kier alpha value is -2.57. The molecular weight excluding hydrogens is 352 g/mol. The molecule has 0 bridgehead atoms. The van der Waals surface area contributed by atoms with Crippen molar-refractivity contribution in [2.24, 2.45) is 10.9 Å². The third-order valence-corrected chi connectivity index (χ3v) is 4.38. The molecule has 0 spiro atoms. The molecule has 0 saturated carbocycles. The first-order valence-electron chi connectivity index (χ1n) is 10.1. The van der Waals surface area contributed by atoms with E-state index in [1.54, 1.807) is 6.33 Å². The highest BCUT2D eigenvalue weighted by atomic mass is 16.5. The van der Waals surface area contributed by atoms with E-state index in [2.05, 4.69) is 73.6 Å². The number of benzene rings is 1. The molecule has 2 aromatic rings. The van der Waals surface area contributed by atoms with Crippen molar-refractivity contribution in [2.45, 2.75) is 60.7 Å². The summed E-state index contributed by atoms with van der Waals surface area (Å²) in [6, 6.07) is 6.29. The summed E-state index contributed by atoms with van der Waals surface area (Å²) in [5, 5.41) is 14.7. The first-order valence-corrected chi connectivity index (χ1v) is 10.1. The molecule has 0 atom stereocenters. The first kappa shape index (κ1) is 21.7. The van der Waals surface area contributed by atoms with E-state index < -0.39 is 0 Å². The van der Waals surface area contributed by atoms with Gasteiger partial charge >= 0.3 is 0 Å². The zero-order valence-corrected chi connectivity index (χ0v) is 17.8. The summed E-state index contributed by atoms with van der Waals surface area (Å²) < 4.78 is 8.05. The highest BCUT2D eigenvalue weighted by Gasteiger charge is 2.07. The molecule has 2 N–H and O–H groups in total. The van der Waals surface area contributed by atoms with E-state index in [1.807, 2.05) is 4.57 Å². The minimum absolute atomic E-state index is 0.549. The van der Waals surface area contributed by atoms with Gasteiger partial charge in [0.1, 0.15) is 12.1 Å². The highest BCUT2D eigenvalue weighted by Crippen LogP contribution is 2.22. The number of hydrogen-bond donors (Lipinski definition) is 2. The Bertz CT molecular complexity index is 753. The van der Waals surface area contributed by atoms with Crippen LogP contribution in [-0.4, -0.2) is 33.9 Å². The van der Waals surface area contributed by atoms with Gasteiger partial charge in [0.2, 0.25) is 0 Å². The number of nitrogens with zero attached hydrogens (tertiary/aromatic N) is 4. The Kier molecular flexibility index (Phi) is 8.78. The summed E-state index contributed by atoms with van der Waals surface area (Å²) in [6.45, 7) is 14.1. The number of guanidine groups is 1. The zero-order valence-electron chi connectivity index (χ0n) is 17.8. The van der Waals surface area contributed by atoms with Crippen LogP contribution in [0.2, 0.25) is 0 Å². The van der Waals surface area contributed by atoms with Crippen LogP contribution in [0.25, 0.3) is 0 Å². The van der Waals surface area contributed by atoms with E-state index in [0.717, 1.165) is 49.2 Å². The van der Waals surface area contributed by atoms with Crippen molar-refractivity contribution in [1.29, 1.82) is 0 Å². The van der Waals surface area contributed by atoms with Crippen LogP contribution in [0.4, 0.5) is 0 Å². The Morgan fingerprint density at radius 2 is 2.07 bits per heavy atom. The molecule has 0 saturated heterocycles. The minimum atomic E-state index is 0.549. The van der Waals surface area contributed by atoms with Gasteiger partial charge in [-0.2, -0.15) is 0 Å². The van der Waals surface area contributed by atoms with E-state index in [1.165, 1.54) is 5.56 Å². The monoisotopic (exact) mass is 386 g/mol. The minimum Gasteiger partial charge on any atom is -0.493 e. The molecule has 7 heteroatoms. The zero-order chi connectivity index (χ0) is 20.4. The average molecular weight is 387 g/mol. The van der Waals surface area contributed by atoms with Crippen LogP contribution in [-0.2, 0) is 19.6 Å². The van der Waals surface area contributed by atoms with Crippen LogP contribution in [0.5, 0.6) is 5.75 Å². The van der Waals surface area contributed by atoms with Gasteiger partial charge in [0, 0.05) is 18.7 Å². The maximum Gasteiger partial charge on any atom is 0.191 e. The molecule has 0 aliphatic heterocycles. The topological polar surface area (TPSA) is 76.4 Å². The summed E-state index contributed by atoms with van der Waals surface area (Å²) in [7, 11) is 0. The van der Waals surface area contributed by atoms with Crippen molar-refractivity contribution in [3.8, 4) is 5.75 Å². The standard InChI is InChI=1S/C21H34N6O/c1-6-22-21(24-14-20-26-25-15-27(20)7-2)23-13-18-9-8-17(5)12-19(18)28-11-10-16(3)4/h8-9,12,15-16H,6-7,10-11,13-14H2,1-5H3,(H2,22,23,24). The lowest BCUT2D eigenvalue weighted by atomic mass is 10.1. The summed E-state index contributed by atoms with van der Waals surface area (Å²) in [5.41, 5.74) is 2.28.